The van der Waals surface area contributed by atoms with Gasteiger partial charge in [0.2, 0.25) is 0 Å². The number of hydrogen-bond acceptors (Lipinski definition) is 5. The molecule has 0 fully saturated rings. The summed E-state index contributed by atoms with van der Waals surface area (Å²) in [6.07, 6.45) is 1.42. The summed E-state index contributed by atoms with van der Waals surface area (Å²) in [5.41, 5.74) is 2.06. The van der Waals surface area contributed by atoms with Gasteiger partial charge in [-0.3, -0.25) is 14.6 Å². The van der Waals surface area contributed by atoms with Crippen molar-refractivity contribution in [1.82, 2.24) is 4.98 Å². The Morgan fingerprint density at radius 2 is 1.62 bits per heavy atom. The lowest BCUT2D eigenvalue weighted by Crippen LogP contribution is -2.27. The van der Waals surface area contributed by atoms with Gasteiger partial charge in [0, 0.05) is 30.2 Å². The number of aromatic nitrogens is 1. The van der Waals surface area contributed by atoms with E-state index >= 15 is 0 Å². The standard InChI is InChI=1S/C22H19N3O4/c1-25(18-6-4-3-5-7-18)21(27)19-14-16(12-13-23-19)20(26)24-17-10-8-15(9-11-17)22(28)29-2/h3-14H,1-2H3,(H,24,26). The molecule has 3 aromatic rings. The molecular formula is C22H19N3O4. The zero-order valence-electron chi connectivity index (χ0n) is 16.0. The largest absolute Gasteiger partial charge is 0.465 e. The van der Waals surface area contributed by atoms with Crippen LogP contribution in [0.25, 0.3) is 0 Å². The van der Waals surface area contributed by atoms with Crippen LogP contribution in [0.1, 0.15) is 31.2 Å². The van der Waals surface area contributed by atoms with E-state index in [2.05, 4.69) is 15.0 Å². The molecule has 0 unspecified atom stereocenters. The third-order valence-electron chi connectivity index (χ3n) is 4.25. The van der Waals surface area contributed by atoms with E-state index in [1.807, 2.05) is 30.3 Å². The van der Waals surface area contributed by atoms with E-state index in [-0.39, 0.29) is 11.6 Å². The highest BCUT2D eigenvalue weighted by Gasteiger charge is 2.17. The number of anilines is 2. The van der Waals surface area contributed by atoms with Crippen molar-refractivity contribution < 1.29 is 19.1 Å². The van der Waals surface area contributed by atoms with Crippen LogP contribution in [0.5, 0.6) is 0 Å². The molecule has 0 aliphatic heterocycles. The van der Waals surface area contributed by atoms with Gasteiger partial charge in [-0.15, -0.1) is 0 Å². The van der Waals surface area contributed by atoms with E-state index in [1.165, 1.54) is 30.3 Å². The minimum Gasteiger partial charge on any atom is -0.465 e. The maximum absolute atomic E-state index is 12.7. The molecule has 7 heteroatoms. The van der Waals surface area contributed by atoms with Crippen molar-refractivity contribution in [1.29, 1.82) is 0 Å². The Morgan fingerprint density at radius 1 is 0.931 bits per heavy atom. The van der Waals surface area contributed by atoms with Crippen molar-refractivity contribution in [3.63, 3.8) is 0 Å². The third kappa shape index (κ3) is 4.65. The molecule has 7 nitrogen and oxygen atoms in total. The molecule has 146 valence electrons. The van der Waals surface area contributed by atoms with Crippen LogP contribution in [-0.4, -0.2) is 36.9 Å². The second-order valence-corrected chi connectivity index (χ2v) is 6.15. The summed E-state index contributed by atoms with van der Waals surface area (Å²) in [5.74, 6) is -1.18. The Bertz CT molecular complexity index is 1030. The lowest BCUT2D eigenvalue weighted by atomic mass is 10.1. The molecule has 0 aliphatic carbocycles. The van der Waals surface area contributed by atoms with E-state index in [0.29, 0.717) is 16.8 Å². The van der Waals surface area contributed by atoms with Gasteiger partial charge in [-0.05, 0) is 48.5 Å². The summed E-state index contributed by atoms with van der Waals surface area (Å²) < 4.78 is 4.64. The molecular weight excluding hydrogens is 370 g/mol. The molecule has 2 amide bonds. The van der Waals surface area contributed by atoms with Crippen LogP contribution in [-0.2, 0) is 4.74 Å². The fraction of sp³-hybridized carbons (Fsp3) is 0.0909. The number of pyridine rings is 1. The van der Waals surface area contributed by atoms with Crippen LogP contribution < -0.4 is 10.2 Å². The zero-order valence-corrected chi connectivity index (χ0v) is 16.0. The van der Waals surface area contributed by atoms with Crippen molar-refractivity contribution in [3.05, 3.63) is 89.7 Å². The second kappa shape index (κ2) is 8.79. The number of methoxy groups -OCH3 is 1. The molecule has 2 aromatic carbocycles. The van der Waals surface area contributed by atoms with Crippen LogP contribution in [0.4, 0.5) is 11.4 Å². The smallest absolute Gasteiger partial charge is 0.337 e. The van der Waals surface area contributed by atoms with Crippen LogP contribution >= 0.6 is 0 Å². The molecule has 0 bridgehead atoms. The summed E-state index contributed by atoms with van der Waals surface area (Å²) in [4.78, 5) is 42.3. The minimum absolute atomic E-state index is 0.157. The van der Waals surface area contributed by atoms with Crippen molar-refractivity contribution in [2.24, 2.45) is 0 Å². The first-order valence-electron chi connectivity index (χ1n) is 8.78. The van der Waals surface area contributed by atoms with E-state index in [9.17, 15) is 14.4 Å². The van der Waals surface area contributed by atoms with Gasteiger partial charge in [0.25, 0.3) is 11.8 Å². The van der Waals surface area contributed by atoms with E-state index in [1.54, 1.807) is 31.3 Å². The van der Waals surface area contributed by atoms with Gasteiger partial charge in [-0.2, -0.15) is 0 Å². The number of benzene rings is 2. The molecule has 0 saturated carbocycles. The third-order valence-corrected chi connectivity index (χ3v) is 4.25. The average Bonchev–Trinajstić information content (AvgIpc) is 2.78. The first-order chi connectivity index (χ1) is 14.0. The number of nitrogens with one attached hydrogen (secondary N) is 1. The Balaban J connectivity index is 1.74. The quantitative estimate of drug-likeness (QED) is 0.676. The van der Waals surface area contributed by atoms with Crippen LogP contribution in [0.3, 0.4) is 0 Å². The number of carbonyl (C=O) groups is 3. The van der Waals surface area contributed by atoms with E-state index in [4.69, 9.17) is 0 Å². The number of esters is 1. The highest BCUT2D eigenvalue weighted by Crippen LogP contribution is 2.16. The molecule has 1 aromatic heterocycles. The first kappa shape index (κ1) is 19.8. The van der Waals surface area contributed by atoms with Crippen molar-refractivity contribution in [3.8, 4) is 0 Å². The van der Waals surface area contributed by atoms with Gasteiger partial charge in [0.1, 0.15) is 5.69 Å². The summed E-state index contributed by atoms with van der Waals surface area (Å²) in [6.45, 7) is 0. The van der Waals surface area contributed by atoms with Gasteiger partial charge in [0.05, 0.1) is 12.7 Å². The lowest BCUT2D eigenvalue weighted by molar-refractivity contribution is 0.0600. The summed E-state index contributed by atoms with van der Waals surface area (Å²) in [7, 11) is 2.95. The molecule has 0 atom stereocenters. The normalized spacial score (nSPS) is 10.1. The predicted molar refractivity (Wildman–Crippen MR) is 109 cm³/mol. The fourth-order valence-electron chi connectivity index (χ4n) is 2.64. The maximum Gasteiger partial charge on any atom is 0.337 e. The van der Waals surface area contributed by atoms with Crippen LogP contribution in [0, 0.1) is 0 Å². The van der Waals surface area contributed by atoms with Crippen molar-refractivity contribution in [2.75, 3.05) is 24.4 Å². The van der Waals surface area contributed by atoms with Crippen LogP contribution in [0.15, 0.2) is 72.9 Å². The van der Waals surface area contributed by atoms with Gasteiger partial charge < -0.3 is 15.0 Å². The fourth-order valence-corrected chi connectivity index (χ4v) is 2.64. The molecule has 3 rings (SSSR count). The predicted octanol–water partition coefficient (Wildman–Crippen LogP) is 3.40. The average molecular weight is 389 g/mol. The molecule has 29 heavy (non-hydrogen) atoms. The minimum atomic E-state index is -0.456. The first-order valence-corrected chi connectivity index (χ1v) is 8.78. The summed E-state index contributed by atoms with van der Waals surface area (Å²) >= 11 is 0. The summed E-state index contributed by atoms with van der Waals surface area (Å²) in [5, 5.41) is 2.73. The molecule has 0 spiro atoms. The number of nitrogens with zero attached hydrogens (tertiary/aromatic N) is 2. The molecule has 0 saturated heterocycles. The van der Waals surface area contributed by atoms with Gasteiger partial charge in [0.15, 0.2) is 0 Å². The number of ether oxygens (including phenoxy) is 1. The molecule has 1 heterocycles. The monoisotopic (exact) mass is 389 g/mol. The SMILES string of the molecule is COC(=O)c1ccc(NC(=O)c2ccnc(C(=O)N(C)c3ccccc3)c2)cc1. The highest BCUT2D eigenvalue weighted by atomic mass is 16.5. The zero-order chi connectivity index (χ0) is 20.8. The van der Waals surface area contributed by atoms with Gasteiger partial charge in [-0.1, -0.05) is 18.2 Å². The van der Waals surface area contributed by atoms with Crippen molar-refractivity contribution >= 4 is 29.2 Å². The molecule has 0 radical (unpaired) electrons. The van der Waals surface area contributed by atoms with Crippen molar-refractivity contribution in [2.45, 2.75) is 0 Å². The van der Waals surface area contributed by atoms with Crippen LogP contribution in [0.2, 0.25) is 0 Å². The number of hydrogen-bond donors (Lipinski definition) is 1. The Labute approximate surface area is 167 Å². The van der Waals surface area contributed by atoms with E-state index < -0.39 is 11.9 Å². The van der Waals surface area contributed by atoms with Gasteiger partial charge in [-0.25, -0.2) is 4.79 Å². The number of para-hydroxylation sites is 1. The Hall–Kier alpha value is -4.00. The summed E-state index contributed by atoms with van der Waals surface area (Å²) in [6, 6.07) is 18.4. The maximum atomic E-state index is 12.7. The topological polar surface area (TPSA) is 88.6 Å². The Morgan fingerprint density at radius 3 is 2.28 bits per heavy atom. The number of amides is 2. The number of carbonyl (C=O) groups excluding carboxylic acids is 3. The highest BCUT2D eigenvalue weighted by molar-refractivity contribution is 6.08. The lowest BCUT2D eigenvalue weighted by Gasteiger charge is -2.17. The van der Waals surface area contributed by atoms with E-state index in [0.717, 1.165) is 5.69 Å². The second-order valence-electron chi connectivity index (χ2n) is 6.15. The Kier molecular flexibility index (Phi) is 5.99. The van der Waals surface area contributed by atoms with Gasteiger partial charge >= 0.3 is 5.97 Å². The molecule has 1 N–H and O–H groups in total. The molecule has 0 aliphatic rings. The number of rotatable bonds is 5.